The summed E-state index contributed by atoms with van der Waals surface area (Å²) in [6.45, 7) is 4.66. The van der Waals surface area contributed by atoms with Gasteiger partial charge < -0.3 is 14.4 Å². The van der Waals surface area contributed by atoms with Gasteiger partial charge in [-0.25, -0.2) is 0 Å². The molecule has 1 fully saturated rings. The molecule has 3 rings (SSSR count). The van der Waals surface area contributed by atoms with E-state index in [2.05, 4.69) is 6.07 Å². The molecule has 2 aliphatic heterocycles. The van der Waals surface area contributed by atoms with Crippen molar-refractivity contribution in [1.29, 1.82) is 5.26 Å². The number of carbonyl (C=O) groups is 2. The van der Waals surface area contributed by atoms with Gasteiger partial charge in [0.15, 0.2) is 6.10 Å². The minimum absolute atomic E-state index is 0.0282. The molecule has 0 aliphatic carbocycles. The van der Waals surface area contributed by atoms with Crippen LogP contribution in [0, 0.1) is 11.3 Å². The fourth-order valence-electron chi connectivity index (χ4n) is 3.42. The maximum absolute atomic E-state index is 12.3. The van der Waals surface area contributed by atoms with Gasteiger partial charge in [-0.05, 0) is 38.5 Å². The van der Waals surface area contributed by atoms with E-state index in [0.717, 1.165) is 6.42 Å². The van der Waals surface area contributed by atoms with Crippen molar-refractivity contribution in [2.75, 3.05) is 6.54 Å². The Bertz CT molecular complexity index is 692. The van der Waals surface area contributed by atoms with Crippen LogP contribution in [0.15, 0.2) is 18.2 Å². The summed E-state index contributed by atoms with van der Waals surface area (Å²) in [6, 6.07) is 6.78. The van der Waals surface area contributed by atoms with Crippen LogP contribution in [0.4, 0.5) is 0 Å². The van der Waals surface area contributed by atoms with Gasteiger partial charge in [0, 0.05) is 18.5 Å². The first kappa shape index (κ1) is 15.3. The molecule has 0 spiro atoms. The second-order valence-corrected chi connectivity index (χ2v) is 6.36. The summed E-state index contributed by atoms with van der Waals surface area (Å²) >= 11 is 0. The Morgan fingerprint density at radius 1 is 1.48 bits per heavy atom. The zero-order valence-electron chi connectivity index (χ0n) is 13.1. The van der Waals surface area contributed by atoms with Crippen LogP contribution in [0.1, 0.15) is 43.9 Å². The van der Waals surface area contributed by atoms with Crippen molar-refractivity contribution in [2.45, 2.75) is 44.4 Å². The highest BCUT2D eigenvalue weighted by Crippen LogP contribution is 2.45. The highest BCUT2D eigenvalue weighted by molar-refractivity contribution is 5.79. The Balaban J connectivity index is 2.15. The van der Waals surface area contributed by atoms with E-state index in [4.69, 9.17) is 14.7 Å². The molecule has 120 valence electrons. The largest absolute Gasteiger partial charge is 0.484 e. The summed E-state index contributed by atoms with van der Waals surface area (Å²) in [5.41, 5.74) is 0.411. The Labute approximate surface area is 134 Å². The first-order chi connectivity index (χ1) is 11.0. The van der Waals surface area contributed by atoms with Gasteiger partial charge in [-0.1, -0.05) is 0 Å². The molecule has 2 heterocycles. The number of amides is 1. The normalized spacial score (nSPS) is 25.3. The molecule has 6 nitrogen and oxygen atoms in total. The fraction of sp³-hybridized carbons (Fsp3) is 0.471. The SMILES string of the molecule is CC1(C)Oc2ccc(C#N)cc2[C@H](N2CCCC2=O)[C@H]1OC=O. The molecular formula is C17H18N2O4. The number of ether oxygens (including phenoxy) is 2. The molecule has 23 heavy (non-hydrogen) atoms. The van der Waals surface area contributed by atoms with Crippen LogP contribution in [0.5, 0.6) is 5.75 Å². The summed E-state index contributed by atoms with van der Waals surface area (Å²) in [5.74, 6) is 0.643. The molecule has 6 heteroatoms. The van der Waals surface area contributed by atoms with E-state index >= 15 is 0 Å². The Morgan fingerprint density at radius 3 is 2.87 bits per heavy atom. The Hall–Kier alpha value is -2.55. The van der Waals surface area contributed by atoms with Gasteiger partial charge in [-0.2, -0.15) is 5.26 Å². The first-order valence-electron chi connectivity index (χ1n) is 7.59. The van der Waals surface area contributed by atoms with Crippen molar-refractivity contribution in [1.82, 2.24) is 4.90 Å². The predicted octanol–water partition coefficient (Wildman–Crippen LogP) is 1.93. The van der Waals surface area contributed by atoms with E-state index in [9.17, 15) is 9.59 Å². The van der Waals surface area contributed by atoms with E-state index in [1.807, 2.05) is 13.8 Å². The highest BCUT2D eigenvalue weighted by Gasteiger charge is 2.49. The van der Waals surface area contributed by atoms with Crippen LogP contribution in [-0.2, 0) is 14.3 Å². The second-order valence-electron chi connectivity index (χ2n) is 6.36. The number of benzene rings is 1. The van der Waals surface area contributed by atoms with E-state index < -0.39 is 17.7 Å². The molecule has 2 aliphatic rings. The molecule has 2 atom stereocenters. The molecule has 1 amide bonds. The number of hydrogen-bond acceptors (Lipinski definition) is 5. The minimum Gasteiger partial charge on any atom is -0.484 e. The van der Waals surface area contributed by atoms with Gasteiger partial charge in [0.25, 0.3) is 6.47 Å². The number of rotatable bonds is 3. The van der Waals surface area contributed by atoms with Crippen LogP contribution < -0.4 is 4.74 Å². The van der Waals surface area contributed by atoms with Crippen LogP contribution in [0.2, 0.25) is 0 Å². The van der Waals surface area contributed by atoms with E-state index in [-0.39, 0.29) is 5.91 Å². The average molecular weight is 314 g/mol. The number of nitrogens with zero attached hydrogens (tertiary/aromatic N) is 2. The molecule has 0 bridgehead atoms. The van der Waals surface area contributed by atoms with Gasteiger partial charge >= 0.3 is 0 Å². The zero-order valence-corrected chi connectivity index (χ0v) is 13.1. The molecular weight excluding hydrogens is 296 g/mol. The van der Waals surface area contributed by atoms with Crippen LogP contribution >= 0.6 is 0 Å². The van der Waals surface area contributed by atoms with E-state index in [0.29, 0.717) is 36.3 Å². The minimum atomic E-state index is -0.782. The summed E-state index contributed by atoms with van der Waals surface area (Å²) in [5, 5.41) is 9.16. The van der Waals surface area contributed by atoms with Gasteiger partial charge in [-0.3, -0.25) is 9.59 Å². The van der Waals surface area contributed by atoms with Crippen molar-refractivity contribution in [3.8, 4) is 11.8 Å². The standard InChI is InChI=1S/C17H18N2O4/c1-17(2)16(22-10-20)15(19-7-3-4-14(19)21)12-8-11(9-18)5-6-13(12)23-17/h5-6,8,10,15-16H,3-4,7H2,1-2H3/t15-,16+/m0/s1. The van der Waals surface area contributed by atoms with Crippen molar-refractivity contribution in [3.05, 3.63) is 29.3 Å². The molecule has 0 saturated carbocycles. The summed E-state index contributed by atoms with van der Waals surface area (Å²) in [7, 11) is 0. The summed E-state index contributed by atoms with van der Waals surface area (Å²) in [4.78, 5) is 25.0. The molecule has 1 aromatic carbocycles. The van der Waals surface area contributed by atoms with Crippen molar-refractivity contribution in [3.63, 3.8) is 0 Å². The molecule has 1 aromatic rings. The van der Waals surface area contributed by atoms with Crippen LogP contribution in [0.3, 0.4) is 0 Å². The van der Waals surface area contributed by atoms with Gasteiger partial charge in [0.1, 0.15) is 17.4 Å². The lowest BCUT2D eigenvalue weighted by Gasteiger charge is -2.46. The van der Waals surface area contributed by atoms with Crippen LogP contribution in [-0.4, -0.2) is 35.5 Å². The average Bonchev–Trinajstić information content (AvgIpc) is 2.93. The maximum Gasteiger partial charge on any atom is 0.293 e. The number of fused-ring (bicyclic) bond motifs is 1. The maximum atomic E-state index is 12.3. The highest BCUT2D eigenvalue weighted by atomic mass is 16.6. The Morgan fingerprint density at radius 2 is 2.26 bits per heavy atom. The Kier molecular flexibility index (Phi) is 3.72. The van der Waals surface area contributed by atoms with Crippen molar-refractivity contribution in [2.24, 2.45) is 0 Å². The lowest BCUT2D eigenvalue weighted by molar-refractivity contribution is -0.161. The third-order valence-electron chi connectivity index (χ3n) is 4.45. The van der Waals surface area contributed by atoms with Crippen molar-refractivity contribution >= 4 is 12.4 Å². The van der Waals surface area contributed by atoms with E-state index in [1.54, 1.807) is 23.1 Å². The summed E-state index contributed by atoms with van der Waals surface area (Å²) < 4.78 is 11.3. The van der Waals surface area contributed by atoms with Gasteiger partial charge in [0.05, 0.1) is 11.6 Å². The molecule has 0 aromatic heterocycles. The summed E-state index contributed by atoms with van der Waals surface area (Å²) in [6.07, 6.45) is 0.625. The number of hydrogen-bond donors (Lipinski definition) is 0. The number of nitriles is 1. The van der Waals surface area contributed by atoms with Crippen LogP contribution in [0.25, 0.3) is 0 Å². The molecule has 0 unspecified atom stereocenters. The third kappa shape index (κ3) is 2.52. The predicted molar refractivity (Wildman–Crippen MR) is 80.5 cm³/mol. The monoisotopic (exact) mass is 314 g/mol. The smallest absolute Gasteiger partial charge is 0.293 e. The quantitative estimate of drug-likeness (QED) is 0.797. The van der Waals surface area contributed by atoms with Crippen molar-refractivity contribution < 1.29 is 19.1 Å². The lowest BCUT2D eigenvalue weighted by Crippen LogP contribution is -2.55. The third-order valence-corrected chi connectivity index (χ3v) is 4.45. The number of likely N-dealkylation sites (tertiary alicyclic amines) is 1. The fourth-order valence-corrected chi connectivity index (χ4v) is 3.42. The van der Waals surface area contributed by atoms with Gasteiger partial charge in [0.2, 0.25) is 5.91 Å². The van der Waals surface area contributed by atoms with E-state index in [1.165, 1.54) is 0 Å². The molecule has 0 radical (unpaired) electrons. The molecule has 0 N–H and O–H groups in total. The topological polar surface area (TPSA) is 79.6 Å². The second kappa shape index (κ2) is 5.58. The first-order valence-corrected chi connectivity index (χ1v) is 7.59. The lowest BCUT2D eigenvalue weighted by atomic mass is 9.85. The number of carbonyl (C=O) groups excluding carboxylic acids is 2. The van der Waals surface area contributed by atoms with Gasteiger partial charge in [-0.15, -0.1) is 0 Å². The molecule has 1 saturated heterocycles. The zero-order chi connectivity index (χ0) is 16.6.